The van der Waals surface area contributed by atoms with Gasteiger partial charge in [-0.15, -0.1) is 0 Å². The van der Waals surface area contributed by atoms with Crippen molar-refractivity contribution in [1.82, 2.24) is 5.32 Å². The zero-order valence-corrected chi connectivity index (χ0v) is 16.4. The Balaban J connectivity index is 1.87. The first-order valence-corrected chi connectivity index (χ1v) is 8.85. The van der Waals surface area contributed by atoms with Crippen molar-refractivity contribution in [2.45, 2.75) is 20.0 Å². The van der Waals surface area contributed by atoms with E-state index in [1.165, 1.54) is 0 Å². The average Bonchev–Trinajstić information content (AvgIpc) is 2.59. The average molecular weight is 416 g/mol. The van der Waals surface area contributed by atoms with Crippen LogP contribution in [0, 0.1) is 6.92 Å². The Labute approximate surface area is 166 Å². The lowest BCUT2D eigenvalue weighted by molar-refractivity contribution is -0.129. The smallest absolute Gasteiger partial charge is 0.261 e. The first-order valence-electron chi connectivity index (χ1n) is 7.72. The Morgan fingerprint density at radius 3 is 2.54 bits per heavy atom. The van der Waals surface area contributed by atoms with E-state index >= 15 is 0 Å². The first-order chi connectivity index (χ1) is 12.3. The third-order valence-electron chi connectivity index (χ3n) is 3.41. The summed E-state index contributed by atoms with van der Waals surface area (Å²) in [6.07, 6.45) is -0.860. The number of benzene rings is 2. The van der Waals surface area contributed by atoms with Crippen LogP contribution in [-0.4, -0.2) is 24.5 Å². The normalized spacial score (nSPS) is 11.6. The Morgan fingerprint density at radius 1 is 1.12 bits per heavy atom. The standard InChI is InChI=1S/C18H17Cl3N2O3/c1-10-6-7-14(13(20)8-10)23-16(24)9-22-18(25)11(2)26-15-5-3-4-12(19)17(15)21/h3-8,11H,9H2,1-2H3,(H,22,25)(H,23,24). The molecule has 2 N–H and O–H groups in total. The van der Waals surface area contributed by atoms with Crippen LogP contribution in [0.3, 0.4) is 0 Å². The fourth-order valence-electron chi connectivity index (χ4n) is 2.05. The highest BCUT2D eigenvalue weighted by Crippen LogP contribution is 2.32. The van der Waals surface area contributed by atoms with E-state index in [-0.39, 0.29) is 17.3 Å². The van der Waals surface area contributed by atoms with Crippen LogP contribution in [0.1, 0.15) is 12.5 Å². The predicted octanol–water partition coefficient (Wildman–Crippen LogP) is 4.48. The Hall–Kier alpha value is -1.95. The molecule has 0 aliphatic carbocycles. The molecule has 0 bridgehead atoms. The van der Waals surface area contributed by atoms with Gasteiger partial charge in [-0.05, 0) is 43.7 Å². The van der Waals surface area contributed by atoms with E-state index in [9.17, 15) is 9.59 Å². The summed E-state index contributed by atoms with van der Waals surface area (Å²) < 4.78 is 5.49. The maximum Gasteiger partial charge on any atom is 0.261 e. The van der Waals surface area contributed by atoms with E-state index in [1.807, 2.05) is 13.0 Å². The third-order valence-corrected chi connectivity index (χ3v) is 4.53. The van der Waals surface area contributed by atoms with Crippen LogP contribution in [0.2, 0.25) is 15.1 Å². The van der Waals surface area contributed by atoms with Gasteiger partial charge in [0.15, 0.2) is 6.10 Å². The van der Waals surface area contributed by atoms with Crippen molar-refractivity contribution < 1.29 is 14.3 Å². The second-order valence-electron chi connectivity index (χ2n) is 5.56. The number of aryl methyl sites for hydroxylation is 1. The number of nitrogens with one attached hydrogen (secondary N) is 2. The molecule has 2 aromatic rings. The van der Waals surface area contributed by atoms with Crippen molar-refractivity contribution in [3.63, 3.8) is 0 Å². The number of carbonyl (C=O) groups excluding carboxylic acids is 2. The second-order valence-corrected chi connectivity index (χ2v) is 6.75. The summed E-state index contributed by atoms with van der Waals surface area (Å²) in [5.74, 6) is -0.582. The topological polar surface area (TPSA) is 67.4 Å². The molecule has 0 aliphatic rings. The van der Waals surface area contributed by atoms with Gasteiger partial charge in [-0.25, -0.2) is 0 Å². The van der Waals surface area contributed by atoms with Gasteiger partial charge in [0.05, 0.1) is 22.3 Å². The predicted molar refractivity (Wildman–Crippen MR) is 104 cm³/mol. The van der Waals surface area contributed by atoms with Gasteiger partial charge in [0, 0.05) is 0 Å². The van der Waals surface area contributed by atoms with E-state index in [4.69, 9.17) is 39.5 Å². The van der Waals surface area contributed by atoms with Crippen molar-refractivity contribution in [2.75, 3.05) is 11.9 Å². The van der Waals surface area contributed by atoms with Gasteiger partial charge in [-0.1, -0.05) is 46.9 Å². The summed E-state index contributed by atoms with van der Waals surface area (Å²) in [6.45, 7) is 3.21. The van der Waals surface area contributed by atoms with Crippen LogP contribution in [0.15, 0.2) is 36.4 Å². The van der Waals surface area contributed by atoms with E-state index in [0.717, 1.165) is 5.56 Å². The molecule has 0 saturated carbocycles. The molecule has 1 atom stereocenters. The molecule has 0 heterocycles. The Kier molecular flexibility index (Phi) is 7.14. The minimum absolute atomic E-state index is 0.222. The molecule has 0 aliphatic heterocycles. The number of carbonyl (C=O) groups is 2. The molecule has 5 nitrogen and oxygen atoms in total. The second kappa shape index (κ2) is 9.12. The fourth-order valence-corrected chi connectivity index (χ4v) is 2.66. The first kappa shape index (κ1) is 20.4. The van der Waals surface area contributed by atoms with Gasteiger partial charge >= 0.3 is 0 Å². The van der Waals surface area contributed by atoms with Gasteiger partial charge < -0.3 is 15.4 Å². The highest BCUT2D eigenvalue weighted by molar-refractivity contribution is 6.42. The van der Waals surface area contributed by atoms with Crippen molar-refractivity contribution >= 4 is 52.3 Å². The molecule has 138 valence electrons. The molecule has 0 saturated heterocycles. The zero-order valence-electron chi connectivity index (χ0n) is 14.1. The van der Waals surface area contributed by atoms with Crippen molar-refractivity contribution in [1.29, 1.82) is 0 Å². The Bertz CT molecular complexity index is 827. The summed E-state index contributed by atoms with van der Waals surface area (Å²) in [7, 11) is 0. The molecule has 2 amide bonds. The Morgan fingerprint density at radius 2 is 1.85 bits per heavy atom. The van der Waals surface area contributed by atoms with Crippen LogP contribution >= 0.6 is 34.8 Å². The molecule has 8 heteroatoms. The van der Waals surface area contributed by atoms with Crippen LogP contribution < -0.4 is 15.4 Å². The van der Waals surface area contributed by atoms with Crippen molar-refractivity contribution in [3.05, 3.63) is 57.0 Å². The number of hydrogen-bond acceptors (Lipinski definition) is 3. The number of halogens is 3. The molecule has 0 spiro atoms. The van der Waals surface area contributed by atoms with Crippen LogP contribution in [0.25, 0.3) is 0 Å². The third kappa shape index (κ3) is 5.53. The molecule has 1 unspecified atom stereocenters. The number of ether oxygens (including phenoxy) is 1. The van der Waals surface area contributed by atoms with Crippen LogP contribution in [-0.2, 0) is 9.59 Å². The minimum atomic E-state index is -0.860. The SMILES string of the molecule is Cc1ccc(NC(=O)CNC(=O)C(C)Oc2cccc(Cl)c2Cl)c(Cl)c1. The summed E-state index contributed by atoms with van der Waals surface area (Å²) in [6, 6.07) is 10.1. The van der Waals surface area contributed by atoms with E-state index in [2.05, 4.69) is 10.6 Å². The lowest BCUT2D eigenvalue weighted by Crippen LogP contribution is -2.40. The van der Waals surface area contributed by atoms with Gasteiger partial charge in [-0.2, -0.15) is 0 Å². The highest BCUT2D eigenvalue weighted by Gasteiger charge is 2.18. The molecule has 0 radical (unpaired) electrons. The van der Waals surface area contributed by atoms with Gasteiger partial charge in [-0.3, -0.25) is 9.59 Å². The molecule has 0 aromatic heterocycles. The summed E-state index contributed by atoms with van der Waals surface area (Å²) in [5, 5.41) is 6.10. The fraction of sp³-hybridized carbons (Fsp3) is 0.222. The molecule has 0 fully saturated rings. The largest absolute Gasteiger partial charge is 0.479 e. The lowest BCUT2D eigenvalue weighted by Gasteiger charge is -2.16. The van der Waals surface area contributed by atoms with Gasteiger partial charge in [0.25, 0.3) is 5.91 Å². The maximum atomic E-state index is 12.1. The maximum absolute atomic E-state index is 12.1. The van der Waals surface area contributed by atoms with Crippen LogP contribution in [0.5, 0.6) is 5.75 Å². The molecular formula is C18H17Cl3N2O3. The molecular weight excluding hydrogens is 399 g/mol. The summed E-state index contributed by atoms with van der Waals surface area (Å²) in [5.41, 5.74) is 1.46. The summed E-state index contributed by atoms with van der Waals surface area (Å²) in [4.78, 5) is 24.1. The highest BCUT2D eigenvalue weighted by atomic mass is 35.5. The van der Waals surface area contributed by atoms with Crippen molar-refractivity contribution in [2.24, 2.45) is 0 Å². The molecule has 2 aromatic carbocycles. The minimum Gasteiger partial charge on any atom is -0.479 e. The van der Waals surface area contributed by atoms with Gasteiger partial charge in [0.1, 0.15) is 10.8 Å². The number of rotatable bonds is 6. The quantitative estimate of drug-likeness (QED) is 0.731. The van der Waals surface area contributed by atoms with Crippen molar-refractivity contribution in [3.8, 4) is 5.75 Å². The van der Waals surface area contributed by atoms with Crippen LogP contribution in [0.4, 0.5) is 5.69 Å². The van der Waals surface area contributed by atoms with E-state index in [0.29, 0.717) is 15.7 Å². The molecule has 2 rings (SSSR count). The zero-order chi connectivity index (χ0) is 19.3. The van der Waals surface area contributed by atoms with Gasteiger partial charge in [0.2, 0.25) is 5.91 Å². The van der Waals surface area contributed by atoms with E-state index < -0.39 is 17.9 Å². The lowest BCUT2D eigenvalue weighted by atomic mass is 10.2. The van der Waals surface area contributed by atoms with E-state index in [1.54, 1.807) is 37.3 Å². The summed E-state index contributed by atoms with van der Waals surface area (Å²) >= 11 is 18.0. The number of anilines is 1. The monoisotopic (exact) mass is 414 g/mol. The molecule has 26 heavy (non-hydrogen) atoms. The number of hydrogen-bond donors (Lipinski definition) is 2. The number of amides is 2.